The molecule has 1 aliphatic heterocycles. The number of urea groups is 1. The lowest BCUT2D eigenvalue weighted by Crippen LogP contribution is -2.60. The Kier molecular flexibility index (Phi) is 11.4. The minimum atomic E-state index is -0.333. The van der Waals surface area contributed by atoms with Crippen LogP contribution in [0.2, 0.25) is 5.02 Å². The van der Waals surface area contributed by atoms with Crippen LogP contribution in [0.1, 0.15) is 83.6 Å². The second-order valence-corrected chi connectivity index (χ2v) is 13.2. The maximum atomic E-state index is 14.1. The standard InChI is InChI=1S/C32H50ClN5O3/c1-22-21-37(19-18-30(22)38(32(41)36(3)4)28-8-6-5-7-9-28)31(40)29(20-24-10-12-25(33)13-11-24)35-27-16-14-26(15-17-27)34-23(2)39/h10-13,22,26-30,35H,5-9,14-21H2,1-4H3,(H,34,39)/t22-,26?,27?,29+,30-/m0/s1. The summed E-state index contributed by atoms with van der Waals surface area (Å²) in [4.78, 5) is 44.9. The van der Waals surface area contributed by atoms with Gasteiger partial charge in [0.15, 0.2) is 0 Å². The van der Waals surface area contributed by atoms with E-state index in [2.05, 4.69) is 22.5 Å². The van der Waals surface area contributed by atoms with Gasteiger partial charge in [-0.25, -0.2) is 4.79 Å². The summed E-state index contributed by atoms with van der Waals surface area (Å²) in [5.74, 6) is 0.351. The van der Waals surface area contributed by atoms with Gasteiger partial charge in [0.2, 0.25) is 11.8 Å². The number of amides is 4. The van der Waals surface area contributed by atoms with Crippen molar-refractivity contribution < 1.29 is 14.4 Å². The summed E-state index contributed by atoms with van der Waals surface area (Å²) in [6, 6.07) is 8.42. The van der Waals surface area contributed by atoms with Crippen molar-refractivity contribution in [2.45, 2.75) is 115 Å². The van der Waals surface area contributed by atoms with Crippen molar-refractivity contribution in [3.8, 4) is 0 Å². The lowest BCUT2D eigenvalue weighted by molar-refractivity contribution is -0.136. The number of hydrogen-bond acceptors (Lipinski definition) is 4. The van der Waals surface area contributed by atoms with Gasteiger partial charge >= 0.3 is 6.03 Å². The third-order valence-electron chi connectivity index (χ3n) is 9.32. The van der Waals surface area contributed by atoms with Gasteiger partial charge in [-0.3, -0.25) is 9.59 Å². The van der Waals surface area contributed by atoms with Gasteiger partial charge in [-0.05, 0) is 75.0 Å². The van der Waals surface area contributed by atoms with E-state index in [1.54, 1.807) is 11.8 Å². The Hall–Kier alpha value is -2.32. The second-order valence-electron chi connectivity index (χ2n) is 12.8. The molecule has 1 saturated heterocycles. The number of nitrogens with zero attached hydrogens (tertiary/aromatic N) is 3. The molecule has 3 fully saturated rings. The van der Waals surface area contributed by atoms with Crippen LogP contribution < -0.4 is 10.6 Å². The van der Waals surface area contributed by atoms with Crippen LogP contribution in [0.4, 0.5) is 4.79 Å². The molecule has 2 N–H and O–H groups in total. The highest BCUT2D eigenvalue weighted by molar-refractivity contribution is 6.30. The summed E-state index contributed by atoms with van der Waals surface area (Å²) in [7, 11) is 3.69. The molecule has 2 aliphatic carbocycles. The Bertz CT molecular complexity index is 1020. The van der Waals surface area contributed by atoms with E-state index < -0.39 is 0 Å². The van der Waals surface area contributed by atoms with Gasteiger partial charge in [0, 0.05) is 63.3 Å². The molecule has 228 valence electrons. The van der Waals surface area contributed by atoms with E-state index >= 15 is 0 Å². The first kappa shape index (κ1) is 31.6. The van der Waals surface area contributed by atoms with Crippen molar-refractivity contribution in [2.24, 2.45) is 5.92 Å². The summed E-state index contributed by atoms with van der Waals surface area (Å²) >= 11 is 6.14. The summed E-state index contributed by atoms with van der Waals surface area (Å²) in [6.45, 7) is 5.08. The number of piperidine rings is 1. The van der Waals surface area contributed by atoms with Crippen LogP contribution in [0, 0.1) is 5.92 Å². The first-order valence-corrected chi connectivity index (χ1v) is 16.1. The van der Waals surface area contributed by atoms with Crippen molar-refractivity contribution in [2.75, 3.05) is 27.2 Å². The van der Waals surface area contributed by atoms with Crippen LogP contribution >= 0.6 is 11.6 Å². The van der Waals surface area contributed by atoms with E-state index in [4.69, 9.17) is 11.6 Å². The number of halogens is 1. The fourth-order valence-electron chi connectivity index (χ4n) is 7.18. The molecule has 41 heavy (non-hydrogen) atoms. The molecule has 0 spiro atoms. The maximum Gasteiger partial charge on any atom is 0.319 e. The minimum Gasteiger partial charge on any atom is -0.354 e. The van der Waals surface area contributed by atoms with Crippen molar-refractivity contribution >= 4 is 29.4 Å². The molecule has 1 aromatic rings. The van der Waals surface area contributed by atoms with Crippen LogP contribution in [0.15, 0.2) is 24.3 Å². The Morgan fingerprint density at radius 2 is 1.59 bits per heavy atom. The van der Waals surface area contributed by atoms with Crippen molar-refractivity contribution in [1.82, 2.24) is 25.3 Å². The Balaban J connectivity index is 1.44. The highest BCUT2D eigenvalue weighted by atomic mass is 35.5. The third-order valence-corrected chi connectivity index (χ3v) is 9.58. The van der Waals surface area contributed by atoms with Crippen LogP contribution in [0.3, 0.4) is 0 Å². The van der Waals surface area contributed by atoms with E-state index in [1.165, 1.54) is 19.3 Å². The van der Waals surface area contributed by atoms with E-state index in [-0.39, 0.29) is 47.9 Å². The molecule has 3 aliphatic rings. The number of benzene rings is 1. The zero-order chi connectivity index (χ0) is 29.5. The lowest BCUT2D eigenvalue weighted by Gasteiger charge is -2.48. The van der Waals surface area contributed by atoms with Crippen LogP contribution in [0.5, 0.6) is 0 Å². The van der Waals surface area contributed by atoms with E-state index in [1.807, 2.05) is 43.3 Å². The largest absolute Gasteiger partial charge is 0.354 e. The molecule has 9 heteroatoms. The number of carbonyl (C=O) groups is 3. The zero-order valence-electron chi connectivity index (χ0n) is 25.4. The van der Waals surface area contributed by atoms with Gasteiger partial charge in [-0.2, -0.15) is 0 Å². The number of carbonyl (C=O) groups excluding carboxylic acids is 3. The smallest absolute Gasteiger partial charge is 0.319 e. The average molecular weight is 588 g/mol. The second kappa shape index (κ2) is 14.7. The molecule has 0 bridgehead atoms. The Labute approximate surface area is 251 Å². The SMILES string of the molecule is CC(=O)NC1CCC(N[C@H](Cc2ccc(Cl)cc2)C(=O)N2CC[C@H](N(C(=O)N(C)C)C3CCCCC3)[C@@H](C)C2)CC1. The number of rotatable bonds is 8. The number of likely N-dealkylation sites (tertiary alicyclic amines) is 1. The van der Waals surface area contributed by atoms with Gasteiger partial charge in [-0.15, -0.1) is 0 Å². The van der Waals surface area contributed by atoms with E-state index in [0.29, 0.717) is 30.6 Å². The predicted molar refractivity (Wildman–Crippen MR) is 164 cm³/mol. The van der Waals surface area contributed by atoms with Crippen LogP contribution in [-0.2, 0) is 16.0 Å². The molecule has 8 nitrogen and oxygen atoms in total. The molecule has 1 aromatic carbocycles. The molecule has 0 unspecified atom stereocenters. The molecule has 2 saturated carbocycles. The van der Waals surface area contributed by atoms with E-state index in [9.17, 15) is 14.4 Å². The van der Waals surface area contributed by atoms with Crippen LogP contribution in [0.25, 0.3) is 0 Å². The van der Waals surface area contributed by atoms with Crippen molar-refractivity contribution in [3.63, 3.8) is 0 Å². The average Bonchev–Trinajstić information content (AvgIpc) is 2.95. The lowest BCUT2D eigenvalue weighted by atomic mass is 9.87. The number of nitrogens with one attached hydrogen (secondary N) is 2. The fraction of sp³-hybridized carbons (Fsp3) is 0.719. The van der Waals surface area contributed by atoms with Gasteiger partial charge < -0.3 is 25.3 Å². The Morgan fingerprint density at radius 1 is 0.951 bits per heavy atom. The minimum absolute atomic E-state index is 0.0176. The summed E-state index contributed by atoms with van der Waals surface area (Å²) in [5.41, 5.74) is 1.08. The molecule has 4 amide bonds. The molecule has 1 heterocycles. The highest BCUT2D eigenvalue weighted by Gasteiger charge is 2.40. The topological polar surface area (TPSA) is 85.0 Å². The predicted octanol–water partition coefficient (Wildman–Crippen LogP) is 4.84. The molecular weight excluding hydrogens is 538 g/mol. The first-order chi connectivity index (χ1) is 19.6. The highest BCUT2D eigenvalue weighted by Crippen LogP contribution is 2.31. The zero-order valence-corrected chi connectivity index (χ0v) is 26.2. The first-order valence-electron chi connectivity index (χ1n) is 15.7. The quantitative estimate of drug-likeness (QED) is 0.456. The van der Waals surface area contributed by atoms with Gasteiger partial charge in [0.05, 0.1) is 6.04 Å². The normalized spacial score (nSPS) is 26.2. The van der Waals surface area contributed by atoms with Gasteiger partial charge in [0.1, 0.15) is 0 Å². The van der Waals surface area contributed by atoms with E-state index in [0.717, 1.165) is 50.5 Å². The summed E-state index contributed by atoms with van der Waals surface area (Å²) in [6.07, 6.45) is 10.8. The number of hydrogen-bond donors (Lipinski definition) is 2. The summed E-state index contributed by atoms with van der Waals surface area (Å²) in [5, 5.41) is 7.45. The van der Waals surface area contributed by atoms with Gasteiger partial charge in [0.25, 0.3) is 0 Å². The van der Waals surface area contributed by atoms with Crippen molar-refractivity contribution in [3.05, 3.63) is 34.9 Å². The third kappa shape index (κ3) is 8.60. The molecule has 0 radical (unpaired) electrons. The summed E-state index contributed by atoms with van der Waals surface area (Å²) < 4.78 is 0. The van der Waals surface area contributed by atoms with Crippen molar-refractivity contribution in [1.29, 1.82) is 0 Å². The molecule has 0 aromatic heterocycles. The maximum absolute atomic E-state index is 14.1. The fourth-order valence-corrected chi connectivity index (χ4v) is 7.30. The van der Waals surface area contributed by atoms with Crippen LogP contribution in [-0.4, -0.2) is 89.9 Å². The molecule has 4 rings (SSSR count). The monoisotopic (exact) mass is 587 g/mol. The Morgan fingerprint density at radius 3 is 2.17 bits per heavy atom. The molecular formula is C32H50ClN5O3. The molecule has 3 atom stereocenters. The van der Waals surface area contributed by atoms with Gasteiger partial charge in [-0.1, -0.05) is 49.9 Å².